The summed E-state index contributed by atoms with van der Waals surface area (Å²) in [5.41, 5.74) is 1.69. The lowest BCUT2D eigenvalue weighted by atomic mass is 10.1. The van der Waals surface area contributed by atoms with Crippen LogP contribution in [0.4, 0.5) is 11.6 Å². The van der Waals surface area contributed by atoms with Gasteiger partial charge < -0.3 is 9.80 Å². The normalized spacial score (nSPS) is 15.1. The second kappa shape index (κ2) is 4.90. The van der Waals surface area contributed by atoms with Crippen molar-refractivity contribution in [3.63, 3.8) is 0 Å². The van der Waals surface area contributed by atoms with Gasteiger partial charge in [-0.15, -0.1) is 15.3 Å². The molecule has 1 fully saturated rings. The molecule has 3 aromatic rings. The fourth-order valence-electron chi connectivity index (χ4n) is 2.53. The van der Waals surface area contributed by atoms with E-state index in [0.29, 0.717) is 6.04 Å². The average molecular weight is 296 g/mol. The van der Waals surface area contributed by atoms with Crippen LogP contribution in [0.2, 0.25) is 0 Å². The highest BCUT2D eigenvalue weighted by Gasteiger charge is 2.32. The summed E-state index contributed by atoms with van der Waals surface area (Å²) in [7, 11) is 2.05. The summed E-state index contributed by atoms with van der Waals surface area (Å²) in [6.45, 7) is 3.76. The van der Waals surface area contributed by atoms with Crippen LogP contribution < -0.4 is 9.80 Å². The molecule has 1 aliphatic rings. The van der Waals surface area contributed by atoms with E-state index < -0.39 is 0 Å². The van der Waals surface area contributed by atoms with Crippen LogP contribution in [-0.2, 0) is 0 Å². The topological polar surface area (TPSA) is 75.3 Å². The molecule has 22 heavy (non-hydrogen) atoms. The van der Waals surface area contributed by atoms with E-state index in [9.17, 15) is 0 Å². The highest BCUT2D eigenvalue weighted by molar-refractivity contribution is 5.50. The SMILES string of the molecule is Cc1cnc(N(C)C2CN(c3ccc4nncn4n3)C2)cn1. The molecule has 112 valence electrons. The number of rotatable bonds is 3. The molecule has 8 heteroatoms. The van der Waals surface area contributed by atoms with E-state index in [4.69, 9.17) is 0 Å². The third-order valence-electron chi connectivity index (χ3n) is 4.01. The molecule has 0 aromatic carbocycles. The predicted molar refractivity (Wildman–Crippen MR) is 82.0 cm³/mol. The monoisotopic (exact) mass is 296 g/mol. The number of nitrogens with zero attached hydrogens (tertiary/aromatic N) is 8. The van der Waals surface area contributed by atoms with Crippen LogP contribution in [0.5, 0.6) is 0 Å². The molecule has 8 nitrogen and oxygen atoms in total. The van der Waals surface area contributed by atoms with Crippen LogP contribution in [0.15, 0.2) is 30.9 Å². The number of likely N-dealkylation sites (N-methyl/N-ethyl adjacent to an activating group) is 1. The van der Waals surface area contributed by atoms with Gasteiger partial charge in [0.15, 0.2) is 5.65 Å². The first kappa shape index (κ1) is 12.9. The molecule has 0 spiro atoms. The van der Waals surface area contributed by atoms with Crippen molar-refractivity contribution < 1.29 is 0 Å². The van der Waals surface area contributed by atoms with Crippen molar-refractivity contribution in [2.45, 2.75) is 13.0 Å². The molecule has 0 unspecified atom stereocenters. The van der Waals surface area contributed by atoms with Crippen LogP contribution in [0.3, 0.4) is 0 Å². The van der Waals surface area contributed by atoms with E-state index in [1.165, 1.54) is 0 Å². The van der Waals surface area contributed by atoms with Crippen molar-refractivity contribution in [2.75, 3.05) is 29.9 Å². The Balaban J connectivity index is 1.45. The summed E-state index contributed by atoms with van der Waals surface area (Å²) in [5.74, 6) is 1.84. The minimum atomic E-state index is 0.412. The van der Waals surface area contributed by atoms with Gasteiger partial charge in [0.25, 0.3) is 0 Å². The van der Waals surface area contributed by atoms with E-state index in [0.717, 1.165) is 36.1 Å². The maximum absolute atomic E-state index is 4.51. The Morgan fingerprint density at radius 3 is 2.82 bits per heavy atom. The maximum atomic E-state index is 4.51. The standard InChI is InChI=1S/C14H16N8/c1-10-5-16-14(6-15-10)20(2)11-7-21(8-11)13-4-3-12-18-17-9-22(12)19-13/h3-6,9,11H,7-8H2,1-2H3. The Morgan fingerprint density at radius 1 is 1.18 bits per heavy atom. The highest BCUT2D eigenvalue weighted by atomic mass is 15.4. The van der Waals surface area contributed by atoms with Gasteiger partial charge in [0.1, 0.15) is 18.0 Å². The molecule has 4 rings (SSSR count). The van der Waals surface area contributed by atoms with Crippen LogP contribution in [0.1, 0.15) is 5.69 Å². The second-order valence-electron chi connectivity index (χ2n) is 5.51. The minimum absolute atomic E-state index is 0.412. The zero-order chi connectivity index (χ0) is 15.1. The van der Waals surface area contributed by atoms with Gasteiger partial charge in [0.2, 0.25) is 0 Å². The van der Waals surface area contributed by atoms with Crippen molar-refractivity contribution in [2.24, 2.45) is 0 Å². The van der Waals surface area contributed by atoms with Crippen LogP contribution in [0, 0.1) is 6.92 Å². The molecule has 0 aliphatic carbocycles. The smallest absolute Gasteiger partial charge is 0.177 e. The van der Waals surface area contributed by atoms with Crippen molar-refractivity contribution >= 4 is 17.3 Å². The van der Waals surface area contributed by atoms with E-state index in [2.05, 4.69) is 42.1 Å². The first-order chi connectivity index (χ1) is 10.7. The molecular weight excluding hydrogens is 280 g/mol. The van der Waals surface area contributed by atoms with Gasteiger partial charge in [-0.25, -0.2) is 4.98 Å². The number of aryl methyl sites for hydroxylation is 1. The molecular formula is C14H16N8. The summed E-state index contributed by atoms with van der Waals surface area (Å²) in [6.07, 6.45) is 5.23. The molecule has 1 saturated heterocycles. The Bertz CT molecular complexity index is 790. The molecule has 4 heterocycles. The zero-order valence-corrected chi connectivity index (χ0v) is 12.5. The van der Waals surface area contributed by atoms with Gasteiger partial charge >= 0.3 is 0 Å². The van der Waals surface area contributed by atoms with Crippen molar-refractivity contribution in [3.05, 3.63) is 36.5 Å². The van der Waals surface area contributed by atoms with Crippen LogP contribution >= 0.6 is 0 Å². The van der Waals surface area contributed by atoms with Crippen LogP contribution in [0.25, 0.3) is 5.65 Å². The van der Waals surface area contributed by atoms with E-state index >= 15 is 0 Å². The van der Waals surface area contributed by atoms with Gasteiger partial charge in [-0.1, -0.05) is 0 Å². The van der Waals surface area contributed by atoms with Gasteiger partial charge in [-0.3, -0.25) is 4.98 Å². The third kappa shape index (κ3) is 2.12. The third-order valence-corrected chi connectivity index (χ3v) is 4.01. The van der Waals surface area contributed by atoms with Gasteiger partial charge in [0.05, 0.1) is 24.1 Å². The van der Waals surface area contributed by atoms with Gasteiger partial charge in [0, 0.05) is 20.1 Å². The summed E-state index contributed by atoms with van der Waals surface area (Å²) >= 11 is 0. The molecule has 0 radical (unpaired) electrons. The molecule has 0 amide bonds. The summed E-state index contributed by atoms with van der Waals surface area (Å²) in [5, 5.41) is 12.3. The Morgan fingerprint density at radius 2 is 2.05 bits per heavy atom. The van der Waals surface area contributed by atoms with Crippen molar-refractivity contribution in [1.82, 2.24) is 29.8 Å². The number of aromatic nitrogens is 6. The summed E-state index contributed by atoms with van der Waals surface area (Å²) in [4.78, 5) is 13.1. The first-order valence-electron chi connectivity index (χ1n) is 7.14. The van der Waals surface area contributed by atoms with Gasteiger partial charge in [-0.2, -0.15) is 4.52 Å². The number of hydrogen-bond donors (Lipinski definition) is 0. The Kier molecular flexibility index (Phi) is 2.88. The zero-order valence-electron chi connectivity index (χ0n) is 12.5. The Hall–Kier alpha value is -2.77. The van der Waals surface area contributed by atoms with E-state index in [-0.39, 0.29) is 0 Å². The number of hydrogen-bond acceptors (Lipinski definition) is 7. The van der Waals surface area contributed by atoms with E-state index in [1.54, 1.807) is 17.0 Å². The van der Waals surface area contributed by atoms with Crippen molar-refractivity contribution in [1.29, 1.82) is 0 Å². The molecule has 0 saturated carbocycles. The largest absolute Gasteiger partial charge is 0.352 e. The molecule has 0 atom stereocenters. The second-order valence-corrected chi connectivity index (χ2v) is 5.51. The average Bonchev–Trinajstić information content (AvgIpc) is 2.94. The molecule has 0 N–H and O–H groups in total. The predicted octanol–water partition coefficient (Wildman–Crippen LogP) is 0.548. The van der Waals surface area contributed by atoms with Crippen molar-refractivity contribution in [3.8, 4) is 0 Å². The molecule has 0 bridgehead atoms. The number of anilines is 2. The highest BCUT2D eigenvalue weighted by Crippen LogP contribution is 2.23. The lowest BCUT2D eigenvalue weighted by molar-refractivity contribution is 0.486. The quantitative estimate of drug-likeness (QED) is 0.698. The maximum Gasteiger partial charge on any atom is 0.177 e. The van der Waals surface area contributed by atoms with Crippen LogP contribution in [-0.4, -0.2) is 56.0 Å². The lowest BCUT2D eigenvalue weighted by Crippen LogP contribution is -2.59. The Labute approximate surface area is 127 Å². The fraction of sp³-hybridized carbons (Fsp3) is 0.357. The molecule has 3 aromatic heterocycles. The summed E-state index contributed by atoms with van der Waals surface area (Å²) < 4.78 is 1.69. The lowest BCUT2D eigenvalue weighted by Gasteiger charge is -2.44. The van der Waals surface area contributed by atoms with Gasteiger partial charge in [-0.05, 0) is 19.1 Å². The summed E-state index contributed by atoms with van der Waals surface area (Å²) in [6, 6.07) is 4.32. The fourth-order valence-corrected chi connectivity index (χ4v) is 2.53. The van der Waals surface area contributed by atoms with E-state index in [1.807, 2.05) is 25.3 Å². The first-order valence-corrected chi connectivity index (χ1v) is 7.14. The minimum Gasteiger partial charge on any atom is -0.352 e. The number of fused-ring (bicyclic) bond motifs is 1. The molecule has 1 aliphatic heterocycles.